The van der Waals surface area contributed by atoms with Gasteiger partial charge < -0.3 is 10.1 Å². The lowest BCUT2D eigenvalue weighted by Crippen LogP contribution is -2.44. The van der Waals surface area contributed by atoms with Crippen LogP contribution in [0.1, 0.15) is 79.9 Å². The van der Waals surface area contributed by atoms with Gasteiger partial charge in [-0.3, -0.25) is 4.79 Å². The number of amides is 1. The van der Waals surface area contributed by atoms with E-state index in [2.05, 4.69) is 19.2 Å². The van der Waals surface area contributed by atoms with Crippen molar-refractivity contribution in [2.75, 3.05) is 13.1 Å². The monoisotopic (exact) mass is 470 g/mol. The van der Waals surface area contributed by atoms with Gasteiger partial charge in [0.2, 0.25) is 10.0 Å². The van der Waals surface area contributed by atoms with E-state index in [1.54, 1.807) is 23.4 Å². The maximum Gasteiger partial charge on any atom is 0.251 e. The average Bonchev–Trinajstić information content (AvgIpc) is 2.84. The lowest BCUT2D eigenvalue weighted by Gasteiger charge is -2.41. The van der Waals surface area contributed by atoms with Crippen molar-refractivity contribution >= 4 is 15.9 Å². The fraction of sp³-hybridized carbons (Fsp3) is 0.500. The lowest BCUT2D eigenvalue weighted by molar-refractivity contribution is 0.0227. The van der Waals surface area contributed by atoms with E-state index in [0.717, 1.165) is 43.4 Å². The number of para-hydroxylation sites is 1. The average molecular weight is 471 g/mol. The van der Waals surface area contributed by atoms with Gasteiger partial charge in [-0.05, 0) is 56.4 Å². The fourth-order valence-corrected chi connectivity index (χ4v) is 6.70. The van der Waals surface area contributed by atoms with Crippen molar-refractivity contribution < 1.29 is 17.9 Å². The van der Waals surface area contributed by atoms with Gasteiger partial charge in [0, 0.05) is 30.6 Å². The van der Waals surface area contributed by atoms with Gasteiger partial charge in [-0.15, -0.1) is 0 Å². The van der Waals surface area contributed by atoms with Crippen molar-refractivity contribution in [3.63, 3.8) is 0 Å². The molecule has 178 valence electrons. The molecule has 0 spiro atoms. The molecule has 0 aliphatic carbocycles. The third kappa shape index (κ3) is 4.66. The van der Waals surface area contributed by atoms with Gasteiger partial charge in [0.15, 0.2) is 0 Å². The molecule has 1 N–H and O–H groups in total. The molecule has 7 heteroatoms. The summed E-state index contributed by atoms with van der Waals surface area (Å²) in [4.78, 5) is 13.5. The van der Waals surface area contributed by atoms with Crippen LogP contribution in [0.3, 0.4) is 0 Å². The van der Waals surface area contributed by atoms with E-state index in [1.165, 1.54) is 6.07 Å². The Balaban J connectivity index is 1.62. The van der Waals surface area contributed by atoms with Crippen molar-refractivity contribution in [1.29, 1.82) is 0 Å². The largest absolute Gasteiger partial charge is 0.487 e. The number of sulfonamides is 1. The molecular weight excluding hydrogens is 436 g/mol. The number of aryl methyl sites for hydroxylation is 1. The van der Waals surface area contributed by atoms with Gasteiger partial charge in [-0.25, -0.2) is 8.42 Å². The first-order chi connectivity index (χ1) is 15.8. The number of piperidine rings is 1. The first-order valence-electron chi connectivity index (χ1n) is 12.0. The standard InChI is InChI=1S/C26H34N2O4S/c1-4-26(5-2)18-22(21-11-7-8-12-23(21)32-26)27-25(29)20-14-13-19(3)24(17-20)33(30,31)28-15-9-6-10-16-28/h7-8,11-14,17,22H,4-6,9-10,15-16,18H2,1-3H3,(H,27,29)/t22-/m0/s1. The van der Waals surface area contributed by atoms with Crippen LogP contribution in [-0.2, 0) is 10.0 Å². The molecular formula is C26H34N2O4S. The number of hydrogen-bond acceptors (Lipinski definition) is 4. The van der Waals surface area contributed by atoms with Crippen molar-refractivity contribution in [3.8, 4) is 5.75 Å². The molecule has 2 aromatic carbocycles. The second kappa shape index (κ2) is 9.47. The van der Waals surface area contributed by atoms with E-state index in [4.69, 9.17) is 4.74 Å². The zero-order chi connectivity index (χ0) is 23.6. The maximum absolute atomic E-state index is 13.3. The number of fused-ring (bicyclic) bond motifs is 1. The summed E-state index contributed by atoms with van der Waals surface area (Å²) in [7, 11) is -3.62. The Bertz CT molecular complexity index is 1120. The smallest absolute Gasteiger partial charge is 0.251 e. The fourth-order valence-electron chi connectivity index (χ4n) is 4.94. The second-order valence-corrected chi connectivity index (χ2v) is 11.1. The minimum atomic E-state index is -3.62. The number of benzene rings is 2. The maximum atomic E-state index is 13.3. The molecule has 0 unspecified atom stereocenters. The third-order valence-electron chi connectivity index (χ3n) is 7.17. The normalized spacial score (nSPS) is 20.5. The van der Waals surface area contributed by atoms with Crippen LogP contribution in [0, 0.1) is 6.92 Å². The zero-order valence-corrected chi connectivity index (χ0v) is 20.6. The molecule has 0 bridgehead atoms. The molecule has 2 aromatic rings. The van der Waals surface area contributed by atoms with Gasteiger partial charge in [-0.1, -0.05) is 44.5 Å². The minimum Gasteiger partial charge on any atom is -0.487 e. The molecule has 1 fully saturated rings. The predicted octanol–water partition coefficient (Wildman–Crippen LogP) is 4.98. The summed E-state index contributed by atoms with van der Waals surface area (Å²) in [6.45, 7) is 7.06. The Labute approximate surface area is 197 Å². The molecule has 2 aliphatic rings. The minimum absolute atomic E-state index is 0.203. The number of hydrogen-bond donors (Lipinski definition) is 1. The van der Waals surface area contributed by atoms with E-state index in [0.29, 0.717) is 30.6 Å². The van der Waals surface area contributed by atoms with Crippen molar-refractivity contribution in [1.82, 2.24) is 9.62 Å². The Morgan fingerprint density at radius 1 is 1.09 bits per heavy atom. The van der Waals surface area contributed by atoms with E-state index in [9.17, 15) is 13.2 Å². The Morgan fingerprint density at radius 3 is 2.48 bits per heavy atom. The molecule has 2 aliphatic heterocycles. The van der Waals surface area contributed by atoms with Gasteiger partial charge in [0.05, 0.1) is 10.9 Å². The highest BCUT2D eigenvalue weighted by molar-refractivity contribution is 7.89. The third-order valence-corrected chi connectivity index (χ3v) is 9.21. The number of ether oxygens (including phenoxy) is 1. The Hall–Kier alpha value is -2.38. The van der Waals surface area contributed by atoms with E-state index in [-0.39, 0.29) is 22.4 Å². The lowest BCUT2D eigenvalue weighted by atomic mass is 9.83. The summed E-state index contributed by atoms with van der Waals surface area (Å²) < 4.78 is 34.4. The van der Waals surface area contributed by atoms with Gasteiger partial charge in [0.1, 0.15) is 11.4 Å². The van der Waals surface area contributed by atoms with Gasteiger partial charge in [0.25, 0.3) is 5.91 Å². The van der Waals surface area contributed by atoms with E-state index < -0.39 is 10.0 Å². The number of rotatable bonds is 6. The molecule has 0 aromatic heterocycles. The van der Waals surface area contributed by atoms with E-state index in [1.807, 2.05) is 24.3 Å². The van der Waals surface area contributed by atoms with Crippen molar-refractivity contribution in [2.24, 2.45) is 0 Å². The van der Waals surface area contributed by atoms with Crippen LogP contribution < -0.4 is 10.1 Å². The van der Waals surface area contributed by atoms with Crippen LogP contribution in [0.2, 0.25) is 0 Å². The number of carbonyl (C=O) groups excluding carboxylic acids is 1. The summed E-state index contributed by atoms with van der Waals surface area (Å²) in [5.74, 6) is 0.530. The molecule has 1 atom stereocenters. The first-order valence-corrected chi connectivity index (χ1v) is 13.4. The van der Waals surface area contributed by atoms with Crippen LogP contribution in [0.25, 0.3) is 0 Å². The number of nitrogens with zero attached hydrogens (tertiary/aromatic N) is 1. The van der Waals surface area contributed by atoms with Crippen LogP contribution in [0.4, 0.5) is 0 Å². The number of carbonyl (C=O) groups is 1. The molecule has 0 saturated carbocycles. The van der Waals surface area contributed by atoms with Crippen molar-refractivity contribution in [2.45, 2.75) is 75.8 Å². The highest BCUT2D eigenvalue weighted by Gasteiger charge is 2.39. The van der Waals surface area contributed by atoms with Crippen LogP contribution in [0.5, 0.6) is 5.75 Å². The molecule has 4 rings (SSSR count). The Kier molecular flexibility index (Phi) is 6.82. The Morgan fingerprint density at radius 2 is 1.79 bits per heavy atom. The van der Waals surface area contributed by atoms with Crippen LogP contribution in [-0.4, -0.2) is 37.3 Å². The molecule has 1 amide bonds. The predicted molar refractivity (Wildman–Crippen MR) is 129 cm³/mol. The SMILES string of the molecule is CCC1(CC)C[C@H](NC(=O)c2ccc(C)c(S(=O)(=O)N3CCCCC3)c2)c2ccccc2O1. The molecule has 33 heavy (non-hydrogen) atoms. The van der Waals surface area contributed by atoms with Gasteiger partial charge in [-0.2, -0.15) is 4.31 Å². The second-order valence-electron chi connectivity index (χ2n) is 9.21. The highest BCUT2D eigenvalue weighted by Crippen LogP contribution is 2.42. The van der Waals surface area contributed by atoms with Gasteiger partial charge >= 0.3 is 0 Å². The molecule has 2 heterocycles. The van der Waals surface area contributed by atoms with E-state index >= 15 is 0 Å². The quantitative estimate of drug-likeness (QED) is 0.646. The van der Waals surface area contributed by atoms with Crippen LogP contribution >= 0.6 is 0 Å². The summed E-state index contributed by atoms with van der Waals surface area (Å²) in [6.07, 6.45) is 5.15. The van der Waals surface area contributed by atoms with Crippen molar-refractivity contribution in [3.05, 3.63) is 59.2 Å². The highest BCUT2D eigenvalue weighted by atomic mass is 32.2. The summed E-state index contributed by atoms with van der Waals surface area (Å²) in [5, 5.41) is 3.17. The summed E-state index contributed by atoms with van der Waals surface area (Å²) in [5.41, 5.74) is 1.64. The summed E-state index contributed by atoms with van der Waals surface area (Å²) in [6, 6.07) is 12.6. The molecule has 0 radical (unpaired) electrons. The molecule has 6 nitrogen and oxygen atoms in total. The zero-order valence-electron chi connectivity index (χ0n) is 19.8. The number of nitrogens with one attached hydrogen (secondary N) is 1. The first kappa shape index (κ1) is 23.8. The topological polar surface area (TPSA) is 75.7 Å². The summed E-state index contributed by atoms with van der Waals surface area (Å²) >= 11 is 0. The van der Waals surface area contributed by atoms with Crippen LogP contribution in [0.15, 0.2) is 47.4 Å². The molecule has 1 saturated heterocycles.